The summed E-state index contributed by atoms with van der Waals surface area (Å²) in [6.07, 6.45) is 3.80. The summed E-state index contributed by atoms with van der Waals surface area (Å²) in [6, 6.07) is -0.467. The first-order valence-electron chi connectivity index (χ1n) is 8.64. The van der Waals surface area contributed by atoms with E-state index in [4.69, 9.17) is 10.3 Å². The highest BCUT2D eigenvalue weighted by Gasteiger charge is 2.32. The first-order valence-corrected chi connectivity index (χ1v) is 8.64. The molecule has 2 amide bonds. The summed E-state index contributed by atoms with van der Waals surface area (Å²) in [7, 11) is 0. The number of nitrogens with two attached hydrogens (primary N) is 1. The van der Waals surface area contributed by atoms with E-state index in [2.05, 4.69) is 15.5 Å². The van der Waals surface area contributed by atoms with Crippen LogP contribution in [0.2, 0.25) is 0 Å². The van der Waals surface area contributed by atoms with Gasteiger partial charge < -0.3 is 20.5 Å². The molecule has 24 heavy (non-hydrogen) atoms. The highest BCUT2D eigenvalue weighted by Crippen LogP contribution is 2.38. The van der Waals surface area contributed by atoms with E-state index in [1.807, 2.05) is 6.92 Å². The third kappa shape index (κ3) is 3.75. The van der Waals surface area contributed by atoms with Gasteiger partial charge in [-0.2, -0.15) is 4.98 Å². The molecule has 2 heterocycles. The van der Waals surface area contributed by atoms with Crippen LogP contribution in [0.4, 0.5) is 0 Å². The molecule has 8 nitrogen and oxygen atoms in total. The van der Waals surface area contributed by atoms with Crippen LogP contribution in [0.1, 0.15) is 62.0 Å². The zero-order valence-electron chi connectivity index (χ0n) is 14.2. The number of hydrogen-bond acceptors (Lipinski definition) is 6. The molecule has 132 valence electrons. The highest BCUT2D eigenvalue weighted by molar-refractivity contribution is 5.90. The molecule has 1 aliphatic heterocycles. The number of likely N-dealkylation sites (tertiary alicyclic amines) is 1. The Balaban J connectivity index is 1.49. The maximum absolute atomic E-state index is 12.2. The SMILES string of the molecule is CC(NC(=O)c1noc(C2CC2)n1)C1CCN(C(=O)[C@H](C)N)CC1. The Bertz CT molecular complexity index is 603. The lowest BCUT2D eigenvalue weighted by molar-refractivity contribution is -0.133. The largest absolute Gasteiger partial charge is 0.346 e. The van der Waals surface area contributed by atoms with Gasteiger partial charge in [-0.3, -0.25) is 9.59 Å². The van der Waals surface area contributed by atoms with Gasteiger partial charge in [-0.1, -0.05) is 5.16 Å². The maximum atomic E-state index is 12.2. The first kappa shape index (κ1) is 16.9. The van der Waals surface area contributed by atoms with Crippen LogP contribution in [0, 0.1) is 5.92 Å². The van der Waals surface area contributed by atoms with Gasteiger partial charge in [0.15, 0.2) is 0 Å². The number of carbonyl (C=O) groups excluding carboxylic acids is 2. The van der Waals surface area contributed by atoms with E-state index >= 15 is 0 Å². The van der Waals surface area contributed by atoms with Crippen molar-refractivity contribution in [2.75, 3.05) is 13.1 Å². The average Bonchev–Trinajstić information content (AvgIpc) is 3.31. The zero-order chi connectivity index (χ0) is 17.3. The van der Waals surface area contributed by atoms with Crippen molar-refractivity contribution in [3.8, 4) is 0 Å². The predicted octanol–water partition coefficient (Wildman–Crippen LogP) is 0.651. The van der Waals surface area contributed by atoms with E-state index in [0.29, 0.717) is 30.8 Å². The van der Waals surface area contributed by atoms with E-state index in [-0.39, 0.29) is 23.7 Å². The fraction of sp³-hybridized carbons (Fsp3) is 0.750. The Labute approximate surface area is 141 Å². The predicted molar refractivity (Wildman–Crippen MR) is 86.2 cm³/mol. The summed E-state index contributed by atoms with van der Waals surface area (Å²) in [6.45, 7) is 5.05. The number of piperidine rings is 1. The van der Waals surface area contributed by atoms with Crippen molar-refractivity contribution in [1.82, 2.24) is 20.4 Å². The second kappa shape index (κ2) is 6.88. The van der Waals surface area contributed by atoms with Gasteiger partial charge in [0.1, 0.15) is 0 Å². The average molecular weight is 335 g/mol. The molecule has 1 aliphatic carbocycles. The molecule has 1 aromatic rings. The lowest BCUT2D eigenvalue weighted by atomic mass is 9.90. The molecule has 8 heteroatoms. The molecule has 2 aliphatic rings. The van der Waals surface area contributed by atoms with E-state index in [1.165, 1.54) is 0 Å². The van der Waals surface area contributed by atoms with Gasteiger partial charge in [0.05, 0.1) is 6.04 Å². The minimum absolute atomic E-state index is 0.00655. The Morgan fingerprint density at radius 2 is 1.92 bits per heavy atom. The van der Waals surface area contributed by atoms with Crippen LogP contribution in [0.5, 0.6) is 0 Å². The van der Waals surface area contributed by atoms with Crippen LogP contribution in [0.25, 0.3) is 0 Å². The van der Waals surface area contributed by atoms with Gasteiger partial charge >= 0.3 is 0 Å². The summed E-state index contributed by atoms with van der Waals surface area (Å²) in [5, 5.41) is 6.72. The molecule has 0 spiro atoms. The normalized spacial score (nSPS) is 21.4. The minimum atomic E-state index is -0.461. The fourth-order valence-corrected chi connectivity index (χ4v) is 3.12. The summed E-state index contributed by atoms with van der Waals surface area (Å²) < 4.78 is 5.12. The molecular weight excluding hydrogens is 310 g/mol. The van der Waals surface area contributed by atoms with Crippen molar-refractivity contribution in [3.63, 3.8) is 0 Å². The molecule has 0 aromatic carbocycles. The van der Waals surface area contributed by atoms with Gasteiger partial charge in [0.25, 0.3) is 11.7 Å². The number of nitrogens with one attached hydrogen (secondary N) is 1. The van der Waals surface area contributed by atoms with Gasteiger partial charge in [-0.15, -0.1) is 0 Å². The molecule has 0 radical (unpaired) electrons. The lowest BCUT2D eigenvalue weighted by Crippen LogP contribution is -2.49. The van der Waals surface area contributed by atoms with Crippen LogP contribution in [-0.4, -0.2) is 52.0 Å². The molecular formula is C16H25N5O3. The molecule has 1 saturated heterocycles. The number of amides is 2. The zero-order valence-corrected chi connectivity index (χ0v) is 14.2. The van der Waals surface area contributed by atoms with Crippen LogP contribution >= 0.6 is 0 Å². The van der Waals surface area contributed by atoms with Crippen LogP contribution in [-0.2, 0) is 4.79 Å². The van der Waals surface area contributed by atoms with Crippen LogP contribution in [0.15, 0.2) is 4.52 Å². The van der Waals surface area contributed by atoms with Crippen molar-refractivity contribution in [2.24, 2.45) is 11.7 Å². The lowest BCUT2D eigenvalue weighted by Gasteiger charge is -2.35. The molecule has 3 rings (SSSR count). The monoisotopic (exact) mass is 335 g/mol. The summed E-state index contributed by atoms with van der Waals surface area (Å²) >= 11 is 0. The van der Waals surface area contributed by atoms with Gasteiger partial charge in [-0.05, 0) is 45.4 Å². The fourth-order valence-electron chi connectivity index (χ4n) is 3.12. The molecule has 1 unspecified atom stereocenters. The van der Waals surface area contributed by atoms with E-state index in [1.54, 1.807) is 11.8 Å². The van der Waals surface area contributed by atoms with Crippen LogP contribution < -0.4 is 11.1 Å². The molecule has 0 bridgehead atoms. The van der Waals surface area contributed by atoms with E-state index in [0.717, 1.165) is 25.7 Å². The summed E-state index contributed by atoms with van der Waals surface area (Å²) in [4.78, 5) is 30.1. The van der Waals surface area contributed by atoms with E-state index < -0.39 is 6.04 Å². The quantitative estimate of drug-likeness (QED) is 0.816. The highest BCUT2D eigenvalue weighted by atomic mass is 16.5. The molecule has 1 aromatic heterocycles. The molecule has 2 atom stereocenters. The number of carbonyl (C=O) groups is 2. The Morgan fingerprint density at radius 1 is 1.25 bits per heavy atom. The Kier molecular flexibility index (Phi) is 4.84. The smallest absolute Gasteiger partial charge is 0.292 e. The number of hydrogen-bond donors (Lipinski definition) is 2. The van der Waals surface area contributed by atoms with Gasteiger partial charge in [0.2, 0.25) is 11.8 Å². The summed E-state index contributed by atoms with van der Waals surface area (Å²) in [5.41, 5.74) is 5.65. The third-order valence-electron chi connectivity index (χ3n) is 4.88. The molecule has 1 saturated carbocycles. The third-order valence-corrected chi connectivity index (χ3v) is 4.88. The molecule has 3 N–H and O–H groups in total. The molecule has 2 fully saturated rings. The minimum Gasteiger partial charge on any atom is -0.346 e. The Morgan fingerprint density at radius 3 is 2.50 bits per heavy atom. The topological polar surface area (TPSA) is 114 Å². The second-order valence-electron chi connectivity index (χ2n) is 6.94. The second-order valence-corrected chi connectivity index (χ2v) is 6.94. The maximum Gasteiger partial charge on any atom is 0.292 e. The number of rotatable bonds is 5. The van der Waals surface area contributed by atoms with Gasteiger partial charge in [-0.25, -0.2) is 0 Å². The summed E-state index contributed by atoms with van der Waals surface area (Å²) in [5.74, 6) is 1.02. The first-order chi connectivity index (χ1) is 11.5. The van der Waals surface area contributed by atoms with Crippen molar-refractivity contribution >= 4 is 11.8 Å². The van der Waals surface area contributed by atoms with Crippen LogP contribution in [0.3, 0.4) is 0 Å². The number of aromatic nitrogens is 2. The standard InChI is InChI=1S/C16H25N5O3/c1-9(17)16(23)21-7-5-11(6-8-21)10(2)18-14(22)13-19-15(24-20-13)12-3-4-12/h9-12H,3-8,17H2,1-2H3,(H,18,22)/t9-,10?/m0/s1. The van der Waals surface area contributed by atoms with Gasteiger partial charge in [0, 0.05) is 25.0 Å². The number of nitrogens with zero attached hydrogens (tertiary/aromatic N) is 3. The van der Waals surface area contributed by atoms with Crippen molar-refractivity contribution in [2.45, 2.75) is 57.5 Å². The van der Waals surface area contributed by atoms with Crippen molar-refractivity contribution in [3.05, 3.63) is 11.7 Å². The Hall–Kier alpha value is -1.96. The van der Waals surface area contributed by atoms with Crippen molar-refractivity contribution in [1.29, 1.82) is 0 Å². The van der Waals surface area contributed by atoms with Crippen molar-refractivity contribution < 1.29 is 14.1 Å². The van der Waals surface area contributed by atoms with E-state index in [9.17, 15) is 9.59 Å².